The number of benzene rings is 1. The average molecular weight is 420 g/mol. The van der Waals surface area contributed by atoms with Crippen LogP contribution in [0.5, 0.6) is 17.2 Å². The first kappa shape index (κ1) is 21.5. The second-order valence-corrected chi connectivity index (χ2v) is 8.55. The fourth-order valence-electron chi connectivity index (χ4n) is 4.05. The number of hydrogen-bond acceptors (Lipinski definition) is 6. The molecule has 1 fully saturated rings. The Morgan fingerprint density at radius 3 is 2.34 bits per heavy atom. The van der Waals surface area contributed by atoms with Crippen LogP contribution in [0, 0.1) is 0 Å². The molecule has 3 rings (SSSR count). The summed E-state index contributed by atoms with van der Waals surface area (Å²) in [6.07, 6.45) is 3.85. The minimum atomic E-state index is -0.474. The first-order valence-electron chi connectivity index (χ1n) is 9.81. The van der Waals surface area contributed by atoms with Gasteiger partial charge in [0.2, 0.25) is 5.75 Å². The highest BCUT2D eigenvalue weighted by atomic mass is 32.1. The van der Waals surface area contributed by atoms with Crippen molar-refractivity contribution in [1.82, 2.24) is 5.32 Å². The van der Waals surface area contributed by atoms with Gasteiger partial charge in [-0.3, -0.25) is 4.79 Å². The quantitative estimate of drug-likeness (QED) is 0.675. The third-order valence-corrected chi connectivity index (χ3v) is 7.16. The highest BCUT2D eigenvalue weighted by molar-refractivity contribution is 7.12. The largest absolute Gasteiger partial charge is 0.493 e. The zero-order valence-corrected chi connectivity index (χ0v) is 18.2. The Balaban J connectivity index is 1.83. The summed E-state index contributed by atoms with van der Waals surface area (Å²) < 4.78 is 16.1. The van der Waals surface area contributed by atoms with E-state index in [-0.39, 0.29) is 11.3 Å². The van der Waals surface area contributed by atoms with Gasteiger partial charge in [-0.15, -0.1) is 11.3 Å². The van der Waals surface area contributed by atoms with Crippen molar-refractivity contribution >= 4 is 17.2 Å². The normalized spacial score (nSPS) is 16.3. The molecule has 1 saturated carbocycles. The fourth-order valence-corrected chi connectivity index (χ4v) is 5.24. The van der Waals surface area contributed by atoms with Gasteiger partial charge in [-0.05, 0) is 44.0 Å². The number of carbonyl (C=O) groups excluding carboxylic acids is 1. The first-order valence-corrected chi connectivity index (χ1v) is 10.6. The molecule has 1 aromatic heterocycles. The SMILES string of the molecule is COc1ccc(C(=O)NCC2(c3ccc(C(C)O)s3)CCCC2)c(OC)c1OC. The Labute approximate surface area is 175 Å². The van der Waals surface area contributed by atoms with Crippen molar-refractivity contribution in [3.8, 4) is 17.2 Å². The number of aliphatic hydroxyl groups is 1. The zero-order valence-electron chi connectivity index (χ0n) is 17.4. The molecule has 2 aromatic rings. The van der Waals surface area contributed by atoms with Crippen molar-refractivity contribution in [2.24, 2.45) is 0 Å². The molecule has 1 unspecified atom stereocenters. The molecule has 1 heterocycles. The number of nitrogens with one attached hydrogen (secondary N) is 1. The van der Waals surface area contributed by atoms with Crippen LogP contribution in [0.4, 0.5) is 0 Å². The van der Waals surface area contributed by atoms with Crippen LogP contribution in [-0.4, -0.2) is 38.9 Å². The summed E-state index contributed by atoms with van der Waals surface area (Å²) in [5.41, 5.74) is 0.325. The number of rotatable bonds is 8. The summed E-state index contributed by atoms with van der Waals surface area (Å²) in [5, 5.41) is 13.0. The summed E-state index contributed by atoms with van der Waals surface area (Å²) in [4.78, 5) is 15.2. The van der Waals surface area contributed by atoms with Gasteiger partial charge in [0.05, 0.1) is 33.0 Å². The molecule has 158 valence electrons. The molecule has 0 radical (unpaired) electrons. The van der Waals surface area contributed by atoms with E-state index in [2.05, 4.69) is 11.4 Å². The molecule has 1 amide bonds. The molecular formula is C22H29NO5S. The molecule has 0 bridgehead atoms. The Morgan fingerprint density at radius 2 is 1.79 bits per heavy atom. The number of methoxy groups -OCH3 is 3. The average Bonchev–Trinajstić information content (AvgIpc) is 3.41. The van der Waals surface area contributed by atoms with Crippen LogP contribution in [0.15, 0.2) is 24.3 Å². The molecule has 7 heteroatoms. The molecule has 0 spiro atoms. The maximum absolute atomic E-state index is 13.0. The molecule has 29 heavy (non-hydrogen) atoms. The van der Waals surface area contributed by atoms with Gasteiger partial charge in [0.25, 0.3) is 5.91 Å². The van der Waals surface area contributed by atoms with Gasteiger partial charge in [0.15, 0.2) is 11.5 Å². The van der Waals surface area contributed by atoms with E-state index < -0.39 is 6.10 Å². The van der Waals surface area contributed by atoms with Gasteiger partial charge in [-0.25, -0.2) is 0 Å². The van der Waals surface area contributed by atoms with E-state index in [1.54, 1.807) is 37.5 Å². The number of ether oxygens (including phenoxy) is 3. The summed E-state index contributed by atoms with van der Waals surface area (Å²) in [6.45, 7) is 2.32. The smallest absolute Gasteiger partial charge is 0.255 e. The molecule has 0 aliphatic heterocycles. The van der Waals surface area contributed by atoms with Crippen LogP contribution in [0.2, 0.25) is 0 Å². The van der Waals surface area contributed by atoms with Gasteiger partial charge < -0.3 is 24.6 Å². The van der Waals surface area contributed by atoms with Crippen molar-refractivity contribution in [2.75, 3.05) is 27.9 Å². The maximum atomic E-state index is 13.0. The Hall–Kier alpha value is -2.25. The molecule has 1 aromatic carbocycles. The van der Waals surface area contributed by atoms with Crippen molar-refractivity contribution in [1.29, 1.82) is 0 Å². The number of amides is 1. The van der Waals surface area contributed by atoms with Crippen LogP contribution in [0.1, 0.15) is 58.8 Å². The second-order valence-electron chi connectivity index (χ2n) is 7.43. The minimum absolute atomic E-state index is 0.0861. The molecule has 1 aliphatic carbocycles. The number of thiophene rings is 1. The van der Waals surface area contributed by atoms with Gasteiger partial charge in [0.1, 0.15) is 0 Å². The van der Waals surface area contributed by atoms with Crippen molar-refractivity contribution < 1.29 is 24.1 Å². The Kier molecular flexibility index (Phi) is 6.70. The minimum Gasteiger partial charge on any atom is -0.493 e. The lowest BCUT2D eigenvalue weighted by molar-refractivity contribution is 0.0939. The molecule has 1 atom stereocenters. The molecule has 0 saturated heterocycles. The van der Waals surface area contributed by atoms with E-state index in [1.807, 2.05) is 6.07 Å². The highest BCUT2D eigenvalue weighted by Crippen LogP contribution is 2.45. The Morgan fingerprint density at radius 1 is 1.10 bits per heavy atom. The Bertz CT molecular complexity index is 855. The van der Waals surface area contributed by atoms with Crippen molar-refractivity contribution in [3.63, 3.8) is 0 Å². The van der Waals surface area contributed by atoms with Crippen LogP contribution < -0.4 is 19.5 Å². The van der Waals surface area contributed by atoms with E-state index in [9.17, 15) is 9.90 Å². The van der Waals surface area contributed by atoms with Gasteiger partial charge in [-0.2, -0.15) is 0 Å². The predicted molar refractivity (Wildman–Crippen MR) is 114 cm³/mol. The van der Waals surface area contributed by atoms with E-state index in [0.717, 1.165) is 30.6 Å². The monoisotopic (exact) mass is 419 g/mol. The maximum Gasteiger partial charge on any atom is 0.255 e. The van der Waals surface area contributed by atoms with Crippen molar-refractivity contribution in [3.05, 3.63) is 39.6 Å². The topological polar surface area (TPSA) is 77.0 Å². The number of aliphatic hydroxyl groups excluding tert-OH is 1. The van der Waals surface area contributed by atoms with Crippen LogP contribution >= 0.6 is 11.3 Å². The second kappa shape index (κ2) is 9.05. The van der Waals surface area contributed by atoms with E-state index in [0.29, 0.717) is 29.4 Å². The first-order chi connectivity index (χ1) is 14.0. The molecule has 2 N–H and O–H groups in total. The lowest BCUT2D eigenvalue weighted by atomic mass is 9.84. The number of carbonyl (C=O) groups is 1. The lowest BCUT2D eigenvalue weighted by Gasteiger charge is -2.28. The fraction of sp³-hybridized carbons (Fsp3) is 0.500. The van der Waals surface area contributed by atoms with E-state index in [1.165, 1.54) is 19.1 Å². The molecule has 6 nitrogen and oxygen atoms in total. The van der Waals surface area contributed by atoms with Gasteiger partial charge in [-0.1, -0.05) is 12.8 Å². The third-order valence-electron chi connectivity index (χ3n) is 5.66. The van der Waals surface area contributed by atoms with Crippen molar-refractivity contribution in [2.45, 2.75) is 44.1 Å². The van der Waals surface area contributed by atoms with Crippen LogP contribution in [0.3, 0.4) is 0 Å². The summed E-state index contributed by atoms with van der Waals surface area (Å²) in [6, 6.07) is 7.48. The van der Waals surface area contributed by atoms with Crippen LogP contribution in [-0.2, 0) is 5.41 Å². The standard InChI is InChI=1S/C22H29NO5S/c1-14(24)17-9-10-18(29-17)22(11-5-6-12-22)13-23-21(25)15-7-8-16(26-2)20(28-4)19(15)27-3/h7-10,14,24H,5-6,11-13H2,1-4H3,(H,23,25). The molecule has 1 aliphatic rings. The molecular weight excluding hydrogens is 390 g/mol. The summed E-state index contributed by atoms with van der Waals surface area (Å²) in [7, 11) is 4.57. The van der Waals surface area contributed by atoms with Gasteiger partial charge >= 0.3 is 0 Å². The highest BCUT2D eigenvalue weighted by Gasteiger charge is 2.37. The summed E-state index contributed by atoms with van der Waals surface area (Å²) >= 11 is 1.64. The van der Waals surface area contributed by atoms with Gasteiger partial charge in [0, 0.05) is 21.7 Å². The van der Waals surface area contributed by atoms with E-state index in [4.69, 9.17) is 14.2 Å². The zero-order chi connectivity index (χ0) is 21.0. The van der Waals surface area contributed by atoms with Crippen LogP contribution in [0.25, 0.3) is 0 Å². The number of hydrogen-bond donors (Lipinski definition) is 2. The lowest BCUT2D eigenvalue weighted by Crippen LogP contribution is -2.38. The third kappa shape index (κ3) is 4.21. The van der Waals surface area contributed by atoms with E-state index >= 15 is 0 Å². The predicted octanol–water partition coefficient (Wildman–Crippen LogP) is 4.07. The summed E-state index contributed by atoms with van der Waals surface area (Å²) in [5.74, 6) is 1.06.